The number of hydrogen-bond donors (Lipinski definition) is 1. The molecule has 1 atom stereocenters. The lowest BCUT2D eigenvalue weighted by Crippen LogP contribution is -2.23. The van der Waals surface area contributed by atoms with Crippen LogP contribution in [0, 0.1) is 6.92 Å². The van der Waals surface area contributed by atoms with Crippen molar-refractivity contribution in [1.82, 2.24) is 0 Å². The summed E-state index contributed by atoms with van der Waals surface area (Å²) in [4.78, 5) is 0.325. The number of hydrogen-bond acceptors (Lipinski definition) is 4. The van der Waals surface area contributed by atoms with Gasteiger partial charge in [0.2, 0.25) is 0 Å². The normalized spacial score (nSPS) is 17.5. The van der Waals surface area contributed by atoms with Crippen LogP contribution in [-0.4, -0.2) is 21.2 Å². The molecule has 0 amide bonds. The average Bonchev–Trinajstić information content (AvgIpc) is 2.45. The minimum absolute atomic E-state index is 0.118. The maximum Gasteiger partial charge on any atom is 0.175 e. The molecule has 2 aromatic carbocycles. The zero-order chi connectivity index (χ0) is 15.0. The molecule has 0 bridgehead atoms. The number of sulfone groups is 1. The first-order valence-electron chi connectivity index (χ1n) is 6.75. The first-order valence-corrected chi connectivity index (χ1v) is 8.64. The van der Waals surface area contributed by atoms with E-state index in [9.17, 15) is 8.42 Å². The summed E-state index contributed by atoms with van der Waals surface area (Å²) in [5.74, 6) is 0.832. The summed E-state index contributed by atoms with van der Waals surface area (Å²) in [6, 6.07) is 12.9. The van der Waals surface area contributed by atoms with E-state index in [1.165, 1.54) is 6.26 Å². The lowest BCUT2D eigenvalue weighted by Gasteiger charge is -2.28. The molecule has 1 unspecified atom stereocenters. The molecule has 1 aliphatic rings. The largest absolute Gasteiger partial charge is 0.482 e. The second-order valence-corrected chi connectivity index (χ2v) is 7.34. The van der Waals surface area contributed by atoms with E-state index in [2.05, 4.69) is 5.32 Å². The summed E-state index contributed by atoms with van der Waals surface area (Å²) in [6.45, 7) is 2.68. The molecule has 4 nitrogen and oxygen atoms in total. The summed E-state index contributed by atoms with van der Waals surface area (Å²) in [6.07, 6.45) is 1.09. The Labute approximate surface area is 124 Å². The molecule has 0 saturated heterocycles. The lowest BCUT2D eigenvalue weighted by molar-refractivity contribution is 0.210. The van der Waals surface area contributed by atoms with Gasteiger partial charge in [-0.15, -0.1) is 0 Å². The van der Waals surface area contributed by atoms with Crippen LogP contribution >= 0.6 is 0 Å². The van der Waals surface area contributed by atoms with Crippen molar-refractivity contribution in [2.45, 2.75) is 17.9 Å². The van der Waals surface area contributed by atoms with E-state index in [1.54, 1.807) is 12.1 Å². The molecule has 0 aliphatic carbocycles. The van der Waals surface area contributed by atoms with Gasteiger partial charge in [-0.3, -0.25) is 0 Å². The summed E-state index contributed by atoms with van der Waals surface area (Å²) in [5, 5.41) is 3.34. The van der Waals surface area contributed by atoms with Crippen molar-refractivity contribution in [3.05, 3.63) is 53.6 Å². The van der Waals surface area contributed by atoms with E-state index in [1.807, 2.05) is 37.3 Å². The first-order chi connectivity index (χ1) is 9.93. The highest BCUT2D eigenvalue weighted by Crippen LogP contribution is 2.34. The fourth-order valence-electron chi connectivity index (χ4n) is 2.39. The first kappa shape index (κ1) is 13.9. The van der Waals surface area contributed by atoms with Gasteiger partial charge in [-0.25, -0.2) is 8.42 Å². The molecular weight excluding hydrogens is 286 g/mol. The summed E-state index contributed by atoms with van der Waals surface area (Å²) in [5.41, 5.74) is 3.09. The number of anilines is 1. The smallest absolute Gasteiger partial charge is 0.175 e. The SMILES string of the molecule is Cc1ccc2c(c1)OC(c1ccc(S(C)(=O)=O)cc1)CN2. The molecule has 21 heavy (non-hydrogen) atoms. The van der Waals surface area contributed by atoms with Gasteiger partial charge in [0, 0.05) is 6.26 Å². The van der Waals surface area contributed by atoms with Crippen LogP contribution in [0.4, 0.5) is 5.69 Å². The Kier molecular flexibility index (Phi) is 3.37. The van der Waals surface area contributed by atoms with Crippen molar-refractivity contribution in [3.8, 4) is 5.75 Å². The van der Waals surface area contributed by atoms with E-state index >= 15 is 0 Å². The van der Waals surface area contributed by atoms with Crippen LogP contribution in [0.25, 0.3) is 0 Å². The van der Waals surface area contributed by atoms with E-state index in [0.29, 0.717) is 11.4 Å². The molecule has 0 fully saturated rings. The molecule has 0 saturated carbocycles. The number of aryl methyl sites for hydroxylation is 1. The molecule has 0 spiro atoms. The van der Waals surface area contributed by atoms with Crippen LogP contribution in [0.2, 0.25) is 0 Å². The van der Waals surface area contributed by atoms with Crippen LogP contribution in [0.15, 0.2) is 47.4 Å². The van der Waals surface area contributed by atoms with Crippen molar-refractivity contribution >= 4 is 15.5 Å². The Hall–Kier alpha value is -2.01. The third kappa shape index (κ3) is 2.88. The van der Waals surface area contributed by atoms with Crippen LogP contribution in [0.5, 0.6) is 5.75 Å². The summed E-state index contributed by atoms with van der Waals surface area (Å²) >= 11 is 0. The summed E-state index contributed by atoms with van der Waals surface area (Å²) < 4.78 is 29.0. The fraction of sp³-hybridized carbons (Fsp3) is 0.250. The second kappa shape index (κ2) is 5.07. The van der Waals surface area contributed by atoms with E-state index in [4.69, 9.17) is 4.74 Å². The van der Waals surface area contributed by atoms with Crippen LogP contribution < -0.4 is 10.1 Å². The van der Waals surface area contributed by atoms with Crippen molar-refractivity contribution in [1.29, 1.82) is 0 Å². The monoisotopic (exact) mass is 303 g/mol. The predicted molar refractivity (Wildman–Crippen MR) is 82.6 cm³/mol. The number of nitrogens with one attached hydrogen (secondary N) is 1. The maximum atomic E-state index is 11.5. The quantitative estimate of drug-likeness (QED) is 0.927. The molecule has 1 heterocycles. The minimum atomic E-state index is -3.16. The van der Waals surface area contributed by atoms with Crippen molar-refractivity contribution < 1.29 is 13.2 Å². The van der Waals surface area contributed by atoms with Gasteiger partial charge < -0.3 is 10.1 Å². The van der Waals surface area contributed by atoms with E-state index in [-0.39, 0.29) is 6.10 Å². The van der Waals surface area contributed by atoms with Gasteiger partial charge >= 0.3 is 0 Å². The third-order valence-electron chi connectivity index (χ3n) is 3.56. The van der Waals surface area contributed by atoms with Gasteiger partial charge in [0.1, 0.15) is 11.9 Å². The molecule has 3 rings (SSSR count). The maximum absolute atomic E-state index is 11.5. The third-order valence-corrected chi connectivity index (χ3v) is 4.69. The van der Waals surface area contributed by atoms with Crippen LogP contribution in [0.3, 0.4) is 0 Å². The molecule has 110 valence electrons. The van der Waals surface area contributed by atoms with Crippen LogP contribution in [-0.2, 0) is 9.84 Å². The Bertz CT molecular complexity index is 767. The molecule has 2 aromatic rings. The van der Waals surface area contributed by atoms with E-state index in [0.717, 1.165) is 22.6 Å². The van der Waals surface area contributed by atoms with Gasteiger partial charge in [-0.2, -0.15) is 0 Å². The Balaban J connectivity index is 1.86. The minimum Gasteiger partial charge on any atom is -0.482 e. The van der Waals surface area contributed by atoms with Gasteiger partial charge in [0.05, 0.1) is 17.1 Å². The average molecular weight is 303 g/mol. The topological polar surface area (TPSA) is 55.4 Å². The molecule has 5 heteroatoms. The van der Waals surface area contributed by atoms with E-state index < -0.39 is 9.84 Å². The Morgan fingerprint density at radius 1 is 1.14 bits per heavy atom. The molecular formula is C16H17NO3S. The zero-order valence-electron chi connectivity index (χ0n) is 12.0. The fourth-order valence-corrected chi connectivity index (χ4v) is 3.02. The standard InChI is InChI=1S/C16H17NO3S/c1-11-3-8-14-15(9-11)20-16(10-17-14)12-4-6-13(7-5-12)21(2,18)19/h3-9,16-17H,10H2,1-2H3. The number of ether oxygens (including phenoxy) is 1. The van der Waals surface area contributed by atoms with Crippen molar-refractivity contribution in [2.75, 3.05) is 18.1 Å². The number of rotatable bonds is 2. The Morgan fingerprint density at radius 2 is 1.86 bits per heavy atom. The van der Waals surface area contributed by atoms with Gasteiger partial charge in [-0.05, 0) is 42.3 Å². The Morgan fingerprint density at radius 3 is 2.52 bits per heavy atom. The van der Waals surface area contributed by atoms with Crippen LogP contribution in [0.1, 0.15) is 17.2 Å². The predicted octanol–water partition coefficient (Wildman–Crippen LogP) is 2.94. The highest BCUT2D eigenvalue weighted by atomic mass is 32.2. The van der Waals surface area contributed by atoms with Gasteiger partial charge in [0.25, 0.3) is 0 Å². The highest BCUT2D eigenvalue weighted by Gasteiger charge is 2.21. The molecule has 1 aliphatic heterocycles. The molecule has 0 radical (unpaired) electrons. The van der Waals surface area contributed by atoms with Gasteiger partial charge in [0.15, 0.2) is 9.84 Å². The lowest BCUT2D eigenvalue weighted by atomic mass is 10.1. The van der Waals surface area contributed by atoms with Crippen molar-refractivity contribution in [3.63, 3.8) is 0 Å². The number of fused-ring (bicyclic) bond motifs is 1. The molecule has 1 N–H and O–H groups in total. The number of benzene rings is 2. The van der Waals surface area contributed by atoms with Crippen molar-refractivity contribution in [2.24, 2.45) is 0 Å². The molecule has 0 aromatic heterocycles. The van der Waals surface area contributed by atoms with Gasteiger partial charge in [-0.1, -0.05) is 18.2 Å². The summed E-state index contributed by atoms with van der Waals surface area (Å²) in [7, 11) is -3.16. The second-order valence-electron chi connectivity index (χ2n) is 5.33. The zero-order valence-corrected chi connectivity index (χ0v) is 12.8. The highest BCUT2D eigenvalue weighted by molar-refractivity contribution is 7.90.